The Hall–Kier alpha value is -1.81. The van der Waals surface area contributed by atoms with Crippen LogP contribution < -0.4 is 15.4 Å². The van der Waals surface area contributed by atoms with Crippen molar-refractivity contribution in [3.8, 4) is 5.75 Å². The van der Waals surface area contributed by atoms with Crippen LogP contribution in [0.1, 0.15) is 42.5 Å². The van der Waals surface area contributed by atoms with E-state index in [1.807, 2.05) is 18.2 Å². The summed E-state index contributed by atoms with van der Waals surface area (Å²) in [4.78, 5) is 6.53. The predicted molar refractivity (Wildman–Crippen MR) is 128 cm³/mol. The Labute approximate surface area is 191 Å². The summed E-state index contributed by atoms with van der Waals surface area (Å²) in [5.74, 6) is 2.56. The fourth-order valence-electron chi connectivity index (χ4n) is 3.24. The molecule has 0 bridgehead atoms. The summed E-state index contributed by atoms with van der Waals surface area (Å²) in [6.07, 6.45) is 1.68. The van der Waals surface area contributed by atoms with Crippen LogP contribution in [0.2, 0.25) is 0 Å². The largest absolute Gasteiger partial charge is 0.496 e. The molecule has 2 rings (SSSR count). The number of ether oxygens (including phenoxy) is 1. The van der Waals surface area contributed by atoms with Crippen LogP contribution in [0, 0.1) is 0 Å². The number of aromatic nitrogens is 1. The van der Waals surface area contributed by atoms with Gasteiger partial charge in [0.1, 0.15) is 11.5 Å². The van der Waals surface area contributed by atoms with E-state index in [1.54, 1.807) is 14.2 Å². The van der Waals surface area contributed by atoms with Crippen LogP contribution in [0.15, 0.2) is 33.8 Å². The van der Waals surface area contributed by atoms with Crippen molar-refractivity contribution in [3.05, 3.63) is 46.8 Å². The van der Waals surface area contributed by atoms with E-state index in [0.29, 0.717) is 13.1 Å². The summed E-state index contributed by atoms with van der Waals surface area (Å²) < 4.78 is 11.0. The van der Waals surface area contributed by atoms with Crippen molar-refractivity contribution in [3.63, 3.8) is 0 Å². The average molecular weight is 515 g/mol. The van der Waals surface area contributed by atoms with E-state index in [0.717, 1.165) is 47.1 Å². The first-order valence-corrected chi connectivity index (χ1v) is 9.75. The van der Waals surface area contributed by atoms with Gasteiger partial charge in [0.05, 0.1) is 18.8 Å². The van der Waals surface area contributed by atoms with Gasteiger partial charge in [0.2, 0.25) is 0 Å². The molecule has 0 amide bonds. The number of methoxy groups -OCH3 is 1. The molecule has 1 unspecified atom stereocenters. The highest BCUT2D eigenvalue weighted by molar-refractivity contribution is 14.0. The molecule has 0 fully saturated rings. The minimum absolute atomic E-state index is 0. The predicted octanol–water partition coefficient (Wildman–Crippen LogP) is 3.39. The molecule has 162 valence electrons. The maximum atomic E-state index is 5.54. The van der Waals surface area contributed by atoms with Gasteiger partial charge in [0.25, 0.3) is 0 Å². The van der Waals surface area contributed by atoms with E-state index < -0.39 is 0 Å². The molecule has 0 aliphatic heterocycles. The number of likely N-dealkylation sites (N-methyl/N-ethyl adjacent to an activating group) is 1. The molecule has 1 aromatic carbocycles. The number of aryl methyl sites for hydroxylation is 2. The standard InChI is InChI=1S/C21H33N5O2.HI/c1-7-17-16(19(8-2)28-25-17)13-23-21(22-3)24-14-18(26(4)5)15-11-9-10-12-20(15)27-6;/h9-12,18H,7-8,13-14H2,1-6H3,(H2,22,23,24);1H. The van der Waals surface area contributed by atoms with Crippen molar-refractivity contribution in [2.45, 2.75) is 39.3 Å². The van der Waals surface area contributed by atoms with Crippen molar-refractivity contribution in [2.75, 3.05) is 34.8 Å². The number of rotatable bonds is 9. The first-order valence-electron chi connectivity index (χ1n) is 9.75. The zero-order valence-corrected chi connectivity index (χ0v) is 20.6. The van der Waals surface area contributed by atoms with E-state index in [2.05, 4.69) is 59.7 Å². The fourth-order valence-corrected chi connectivity index (χ4v) is 3.24. The summed E-state index contributed by atoms with van der Waals surface area (Å²) in [6, 6.07) is 8.25. The van der Waals surface area contributed by atoms with Gasteiger partial charge in [-0.05, 0) is 26.6 Å². The molecule has 0 saturated carbocycles. The Morgan fingerprint density at radius 3 is 2.52 bits per heavy atom. The molecule has 0 saturated heterocycles. The van der Waals surface area contributed by atoms with Crippen LogP contribution in [-0.4, -0.2) is 50.8 Å². The number of aliphatic imine (C=N–C) groups is 1. The molecule has 0 aliphatic carbocycles. The summed E-state index contributed by atoms with van der Waals surface area (Å²) in [5.41, 5.74) is 3.26. The molecule has 0 radical (unpaired) electrons. The second-order valence-corrected chi connectivity index (χ2v) is 6.77. The molecular formula is C21H34IN5O2. The van der Waals surface area contributed by atoms with Crippen LogP contribution in [0.25, 0.3) is 0 Å². The van der Waals surface area contributed by atoms with Gasteiger partial charge in [0.15, 0.2) is 5.96 Å². The zero-order chi connectivity index (χ0) is 20.5. The summed E-state index contributed by atoms with van der Waals surface area (Å²) in [6.45, 7) is 5.49. The van der Waals surface area contributed by atoms with E-state index >= 15 is 0 Å². The van der Waals surface area contributed by atoms with Gasteiger partial charge in [-0.25, -0.2) is 0 Å². The third kappa shape index (κ3) is 6.60. The molecule has 1 aromatic heterocycles. The lowest BCUT2D eigenvalue weighted by Crippen LogP contribution is -2.41. The van der Waals surface area contributed by atoms with E-state index in [-0.39, 0.29) is 30.0 Å². The van der Waals surface area contributed by atoms with Gasteiger partial charge >= 0.3 is 0 Å². The average Bonchev–Trinajstić information content (AvgIpc) is 3.12. The van der Waals surface area contributed by atoms with Crippen molar-refractivity contribution < 1.29 is 9.26 Å². The Balaban J connectivity index is 0.00000420. The van der Waals surface area contributed by atoms with Gasteiger partial charge in [-0.2, -0.15) is 0 Å². The molecule has 8 heteroatoms. The van der Waals surface area contributed by atoms with Gasteiger partial charge in [-0.15, -0.1) is 24.0 Å². The second kappa shape index (κ2) is 12.7. The fraction of sp³-hybridized carbons (Fsp3) is 0.524. The molecule has 0 aliphatic rings. The number of nitrogens with one attached hydrogen (secondary N) is 2. The maximum Gasteiger partial charge on any atom is 0.191 e. The minimum atomic E-state index is 0. The number of hydrogen-bond donors (Lipinski definition) is 2. The lowest BCUT2D eigenvalue weighted by atomic mass is 10.0. The molecular weight excluding hydrogens is 481 g/mol. The molecule has 1 atom stereocenters. The SMILES string of the molecule is CCc1noc(CC)c1CNC(=NC)NCC(c1ccccc1OC)N(C)C.I. The quantitative estimate of drug-likeness (QED) is 0.303. The monoisotopic (exact) mass is 515 g/mol. The number of hydrogen-bond acceptors (Lipinski definition) is 5. The van der Waals surface area contributed by atoms with Crippen molar-refractivity contribution in [2.24, 2.45) is 4.99 Å². The van der Waals surface area contributed by atoms with Crippen LogP contribution in [0.4, 0.5) is 0 Å². The van der Waals surface area contributed by atoms with Crippen LogP contribution in [-0.2, 0) is 19.4 Å². The van der Waals surface area contributed by atoms with Crippen molar-refractivity contribution in [1.29, 1.82) is 0 Å². The van der Waals surface area contributed by atoms with Crippen molar-refractivity contribution in [1.82, 2.24) is 20.7 Å². The molecule has 7 nitrogen and oxygen atoms in total. The van der Waals surface area contributed by atoms with E-state index in [9.17, 15) is 0 Å². The van der Waals surface area contributed by atoms with Crippen LogP contribution in [0.5, 0.6) is 5.75 Å². The van der Waals surface area contributed by atoms with Gasteiger partial charge in [0, 0.05) is 37.7 Å². The summed E-state index contributed by atoms with van der Waals surface area (Å²) in [7, 11) is 7.60. The Morgan fingerprint density at radius 1 is 1.21 bits per heavy atom. The third-order valence-corrected chi connectivity index (χ3v) is 4.85. The minimum Gasteiger partial charge on any atom is -0.496 e. The Bertz CT molecular complexity index is 755. The normalized spacial score (nSPS) is 12.4. The van der Waals surface area contributed by atoms with E-state index in [4.69, 9.17) is 9.26 Å². The highest BCUT2D eigenvalue weighted by Gasteiger charge is 2.19. The lowest BCUT2D eigenvalue weighted by molar-refractivity contribution is 0.287. The first-order chi connectivity index (χ1) is 13.5. The number of nitrogens with zero attached hydrogens (tertiary/aromatic N) is 3. The highest BCUT2D eigenvalue weighted by atomic mass is 127. The van der Waals surface area contributed by atoms with E-state index in [1.165, 1.54) is 0 Å². The Morgan fingerprint density at radius 2 is 1.93 bits per heavy atom. The Kier molecular flexibility index (Phi) is 11.0. The molecule has 0 spiro atoms. The third-order valence-electron chi connectivity index (χ3n) is 4.85. The van der Waals surface area contributed by atoms with Gasteiger partial charge in [-0.1, -0.05) is 37.2 Å². The summed E-state index contributed by atoms with van der Waals surface area (Å²) in [5, 5.41) is 11.0. The molecule has 2 aromatic rings. The molecule has 29 heavy (non-hydrogen) atoms. The zero-order valence-electron chi connectivity index (χ0n) is 18.3. The van der Waals surface area contributed by atoms with Gasteiger partial charge in [-0.3, -0.25) is 4.99 Å². The molecule has 1 heterocycles. The van der Waals surface area contributed by atoms with Crippen molar-refractivity contribution >= 4 is 29.9 Å². The van der Waals surface area contributed by atoms with Gasteiger partial charge < -0.3 is 24.8 Å². The number of guanidine groups is 1. The van der Waals surface area contributed by atoms with Crippen LogP contribution >= 0.6 is 24.0 Å². The lowest BCUT2D eigenvalue weighted by Gasteiger charge is -2.27. The number of para-hydroxylation sites is 1. The van der Waals surface area contributed by atoms with Crippen LogP contribution in [0.3, 0.4) is 0 Å². The number of halogens is 1. The first kappa shape index (κ1) is 25.2. The smallest absolute Gasteiger partial charge is 0.191 e. The highest BCUT2D eigenvalue weighted by Crippen LogP contribution is 2.27. The topological polar surface area (TPSA) is 74.9 Å². The second-order valence-electron chi connectivity index (χ2n) is 6.77. The maximum absolute atomic E-state index is 5.54. The number of benzene rings is 1. The molecule has 2 N–H and O–H groups in total. The summed E-state index contributed by atoms with van der Waals surface area (Å²) >= 11 is 0.